The Balaban J connectivity index is 3.76. The lowest BCUT2D eigenvalue weighted by Crippen LogP contribution is -2.20. The van der Waals surface area contributed by atoms with E-state index >= 15 is 0 Å². The van der Waals surface area contributed by atoms with Gasteiger partial charge in [0, 0.05) is 13.2 Å². The zero-order valence-corrected chi connectivity index (χ0v) is 7.71. The van der Waals surface area contributed by atoms with E-state index in [9.17, 15) is 4.79 Å². The van der Waals surface area contributed by atoms with E-state index in [-0.39, 0.29) is 12.2 Å². The standard InChI is InChI=1S/C9H16O3/c1-4-8(10)7-9(11-5-2)12-6-3/h4,9H,1,5-7H2,2-3H3. The van der Waals surface area contributed by atoms with Gasteiger partial charge in [0.2, 0.25) is 0 Å². The second-order valence-electron chi connectivity index (χ2n) is 2.21. The largest absolute Gasteiger partial charge is 0.352 e. The van der Waals surface area contributed by atoms with Crippen LogP contribution in [0.15, 0.2) is 12.7 Å². The van der Waals surface area contributed by atoms with Crippen molar-refractivity contribution in [3.05, 3.63) is 12.7 Å². The smallest absolute Gasteiger partial charge is 0.164 e. The molecule has 0 aliphatic rings. The fraction of sp³-hybridized carbons (Fsp3) is 0.667. The van der Waals surface area contributed by atoms with Crippen molar-refractivity contribution in [2.24, 2.45) is 0 Å². The van der Waals surface area contributed by atoms with Gasteiger partial charge in [0.25, 0.3) is 0 Å². The number of hydrogen-bond donors (Lipinski definition) is 0. The Morgan fingerprint density at radius 1 is 1.42 bits per heavy atom. The van der Waals surface area contributed by atoms with Crippen molar-refractivity contribution in [2.45, 2.75) is 26.6 Å². The predicted molar refractivity (Wildman–Crippen MR) is 46.9 cm³/mol. The average Bonchev–Trinajstić information content (AvgIpc) is 2.05. The molecule has 0 bridgehead atoms. The number of hydrogen-bond acceptors (Lipinski definition) is 3. The lowest BCUT2D eigenvalue weighted by atomic mass is 10.3. The molecule has 0 aromatic heterocycles. The number of allylic oxidation sites excluding steroid dienone is 1. The van der Waals surface area contributed by atoms with Crippen LogP contribution in [0.5, 0.6) is 0 Å². The maximum Gasteiger partial charge on any atom is 0.164 e. The van der Waals surface area contributed by atoms with Gasteiger partial charge in [-0.05, 0) is 19.9 Å². The normalized spacial score (nSPS) is 10.2. The van der Waals surface area contributed by atoms with Crippen molar-refractivity contribution in [3.8, 4) is 0 Å². The summed E-state index contributed by atoms with van der Waals surface area (Å²) in [6.07, 6.45) is 1.13. The third-order valence-electron chi connectivity index (χ3n) is 1.30. The van der Waals surface area contributed by atoms with Gasteiger partial charge in [0.05, 0.1) is 6.42 Å². The van der Waals surface area contributed by atoms with Crippen LogP contribution in [0.1, 0.15) is 20.3 Å². The molecule has 0 saturated carbocycles. The fourth-order valence-corrected chi connectivity index (χ4v) is 0.785. The first-order valence-corrected chi connectivity index (χ1v) is 4.13. The van der Waals surface area contributed by atoms with Crippen molar-refractivity contribution in [1.29, 1.82) is 0 Å². The van der Waals surface area contributed by atoms with Crippen LogP contribution in [0.3, 0.4) is 0 Å². The van der Waals surface area contributed by atoms with Crippen LogP contribution in [0.25, 0.3) is 0 Å². The van der Waals surface area contributed by atoms with Crippen LogP contribution < -0.4 is 0 Å². The first-order valence-electron chi connectivity index (χ1n) is 4.13. The molecule has 0 rings (SSSR count). The van der Waals surface area contributed by atoms with Gasteiger partial charge in [-0.3, -0.25) is 4.79 Å². The zero-order chi connectivity index (χ0) is 9.40. The number of carbonyl (C=O) groups excluding carboxylic acids is 1. The molecule has 0 fully saturated rings. The molecule has 0 radical (unpaired) electrons. The van der Waals surface area contributed by atoms with Crippen LogP contribution in [-0.2, 0) is 14.3 Å². The summed E-state index contributed by atoms with van der Waals surface area (Å²) in [6.45, 7) is 8.21. The van der Waals surface area contributed by atoms with Crippen molar-refractivity contribution in [3.63, 3.8) is 0 Å². The molecule has 0 aromatic carbocycles. The van der Waals surface area contributed by atoms with Crippen LogP contribution in [0.4, 0.5) is 0 Å². The molecule has 0 aliphatic heterocycles. The predicted octanol–water partition coefficient (Wildman–Crippen LogP) is 1.53. The molecule has 0 N–H and O–H groups in total. The van der Waals surface area contributed by atoms with Gasteiger partial charge in [-0.15, -0.1) is 0 Å². The Hall–Kier alpha value is -0.670. The summed E-state index contributed by atoms with van der Waals surface area (Å²) >= 11 is 0. The quantitative estimate of drug-likeness (QED) is 0.431. The van der Waals surface area contributed by atoms with Crippen molar-refractivity contribution in [1.82, 2.24) is 0 Å². The number of ether oxygens (including phenoxy) is 2. The second kappa shape index (κ2) is 7.00. The van der Waals surface area contributed by atoms with Gasteiger partial charge < -0.3 is 9.47 Å². The Morgan fingerprint density at radius 2 is 1.92 bits per heavy atom. The lowest BCUT2D eigenvalue weighted by molar-refractivity contribution is -0.149. The maximum atomic E-state index is 10.9. The minimum absolute atomic E-state index is 0.0538. The van der Waals surface area contributed by atoms with Crippen LogP contribution in [0, 0.1) is 0 Å². The summed E-state index contributed by atoms with van der Waals surface area (Å²) < 4.78 is 10.3. The van der Waals surface area contributed by atoms with Gasteiger partial charge in [0.1, 0.15) is 0 Å². The van der Waals surface area contributed by atoms with E-state index in [4.69, 9.17) is 9.47 Å². The highest BCUT2D eigenvalue weighted by Gasteiger charge is 2.10. The zero-order valence-electron chi connectivity index (χ0n) is 7.71. The molecule has 0 unspecified atom stereocenters. The van der Waals surface area contributed by atoms with Crippen LogP contribution >= 0.6 is 0 Å². The molecule has 3 heteroatoms. The van der Waals surface area contributed by atoms with E-state index in [0.29, 0.717) is 13.2 Å². The highest BCUT2D eigenvalue weighted by molar-refractivity contribution is 5.89. The molecule has 70 valence electrons. The SMILES string of the molecule is C=CC(=O)CC(OCC)OCC. The highest BCUT2D eigenvalue weighted by Crippen LogP contribution is 2.01. The van der Waals surface area contributed by atoms with Crippen LogP contribution in [0.2, 0.25) is 0 Å². The van der Waals surface area contributed by atoms with Gasteiger partial charge in [-0.25, -0.2) is 0 Å². The molecule has 0 atom stereocenters. The van der Waals surface area contributed by atoms with E-state index in [1.54, 1.807) is 0 Å². The van der Waals surface area contributed by atoms with E-state index in [1.807, 2.05) is 13.8 Å². The molecular weight excluding hydrogens is 156 g/mol. The summed E-state index contributed by atoms with van der Waals surface area (Å²) in [4.78, 5) is 10.9. The summed E-state index contributed by atoms with van der Waals surface area (Å²) in [6, 6.07) is 0. The summed E-state index contributed by atoms with van der Waals surface area (Å²) in [5.41, 5.74) is 0. The van der Waals surface area contributed by atoms with Crippen molar-refractivity contribution >= 4 is 5.78 Å². The monoisotopic (exact) mass is 172 g/mol. The van der Waals surface area contributed by atoms with E-state index < -0.39 is 6.29 Å². The molecule has 3 nitrogen and oxygen atoms in total. The minimum atomic E-state index is -0.412. The summed E-state index contributed by atoms with van der Waals surface area (Å²) in [7, 11) is 0. The average molecular weight is 172 g/mol. The molecule has 0 aromatic rings. The molecule has 0 spiro atoms. The minimum Gasteiger partial charge on any atom is -0.352 e. The Kier molecular flexibility index (Phi) is 6.61. The topological polar surface area (TPSA) is 35.5 Å². The lowest BCUT2D eigenvalue weighted by Gasteiger charge is -2.14. The molecule has 0 saturated heterocycles. The summed E-state index contributed by atoms with van der Waals surface area (Å²) in [5.74, 6) is -0.0538. The van der Waals surface area contributed by atoms with Gasteiger partial charge in [-0.2, -0.15) is 0 Å². The number of rotatable bonds is 7. The van der Waals surface area contributed by atoms with Crippen LogP contribution in [-0.4, -0.2) is 25.3 Å². The molecular formula is C9H16O3. The van der Waals surface area contributed by atoms with E-state index in [0.717, 1.165) is 0 Å². The molecule has 0 amide bonds. The second-order valence-corrected chi connectivity index (χ2v) is 2.21. The number of carbonyl (C=O) groups is 1. The van der Waals surface area contributed by atoms with Gasteiger partial charge in [0.15, 0.2) is 12.1 Å². The third kappa shape index (κ3) is 5.04. The Bertz CT molecular complexity index is 137. The fourth-order valence-electron chi connectivity index (χ4n) is 0.785. The van der Waals surface area contributed by atoms with Gasteiger partial charge >= 0.3 is 0 Å². The van der Waals surface area contributed by atoms with E-state index in [1.165, 1.54) is 6.08 Å². The van der Waals surface area contributed by atoms with Gasteiger partial charge in [-0.1, -0.05) is 6.58 Å². The third-order valence-corrected chi connectivity index (χ3v) is 1.30. The summed E-state index contributed by atoms with van der Waals surface area (Å²) in [5, 5.41) is 0. The highest BCUT2D eigenvalue weighted by atomic mass is 16.7. The molecule has 0 aliphatic carbocycles. The Labute approximate surface area is 73.4 Å². The molecule has 0 heterocycles. The first-order chi connectivity index (χ1) is 5.74. The number of ketones is 1. The molecule has 12 heavy (non-hydrogen) atoms. The first kappa shape index (κ1) is 11.3. The Morgan fingerprint density at radius 3 is 2.25 bits per heavy atom. The van der Waals surface area contributed by atoms with E-state index in [2.05, 4.69) is 6.58 Å². The van der Waals surface area contributed by atoms with Crippen molar-refractivity contribution < 1.29 is 14.3 Å². The maximum absolute atomic E-state index is 10.9. The van der Waals surface area contributed by atoms with Crippen molar-refractivity contribution in [2.75, 3.05) is 13.2 Å².